The summed E-state index contributed by atoms with van der Waals surface area (Å²) in [5, 5.41) is 14.2. The number of phenols is 1. The molecule has 49 heavy (non-hydrogen) atoms. The summed E-state index contributed by atoms with van der Waals surface area (Å²) in [6, 6.07) is 24.3. The molecule has 2 N–H and O–H groups in total. The van der Waals surface area contributed by atoms with Gasteiger partial charge in [0.05, 0.1) is 26.9 Å². The van der Waals surface area contributed by atoms with Gasteiger partial charge in [0.15, 0.2) is 5.78 Å². The monoisotopic (exact) mass is 697 g/mol. The normalized spacial score (nSPS) is 11.1. The Morgan fingerprint density at radius 3 is 2.43 bits per heavy atom. The molecule has 0 spiro atoms. The molecule has 2 heterocycles. The largest absolute Gasteiger partial charge is 0.508 e. The SMILES string of the molecule is CN(C)CCOc1ccc(Nc2nccc(-c3sc(-c4ccc(O)cc4)nc3-c3cccc(CC(=O)c4c(F)cccc4F)c3)n2)cc1Cl. The Morgan fingerprint density at radius 1 is 0.939 bits per heavy atom. The maximum absolute atomic E-state index is 14.3. The van der Waals surface area contributed by atoms with E-state index < -0.39 is 23.0 Å². The number of aromatic hydroxyl groups is 1. The molecule has 0 amide bonds. The fraction of sp³-hybridized carbons (Fsp3) is 0.135. The summed E-state index contributed by atoms with van der Waals surface area (Å²) < 4.78 is 34.5. The zero-order valence-corrected chi connectivity index (χ0v) is 28.0. The summed E-state index contributed by atoms with van der Waals surface area (Å²) in [5.74, 6) is -1.45. The quantitative estimate of drug-likeness (QED) is 0.123. The van der Waals surface area contributed by atoms with E-state index in [1.165, 1.54) is 17.4 Å². The van der Waals surface area contributed by atoms with Crippen molar-refractivity contribution in [1.29, 1.82) is 0 Å². The van der Waals surface area contributed by atoms with Crippen LogP contribution in [0.4, 0.5) is 20.4 Å². The van der Waals surface area contributed by atoms with Gasteiger partial charge in [-0.2, -0.15) is 0 Å². The van der Waals surface area contributed by atoms with E-state index in [9.17, 15) is 18.7 Å². The van der Waals surface area contributed by atoms with Gasteiger partial charge >= 0.3 is 0 Å². The van der Waals surface area contributed by atoms with Gasteiger partial charge in [-0.15, -0.1) is 11.3 Å². The lowest BCUT2D eigenvalue weighted by molar-refractivity contribution is 0.0985. The number of phenolic OH excluding ortho intramolecular Hbond substituents is 1. The van der Waals surface area contributed by atoms with Crippen molar-refractivity contribution in [3.63, 3.8) is 0 Å². The smallest absolute Gasteiger partial charge is 0.227 e. The Bertz CT molecular complexity index is 2100. The summed E-state index contributed by atoms with van der Waals surface area (Å²) in [5.41, 5.74) is 3.30. The highest BCUT2D eigenvalue weighted by Gasteiger charge is 2.21. The van der Waals surface area contributed by atoms with E-state index in [4.69, 9.17) is 26.3 Å². The number of carbonyl (C=O) groups excluding carboxylic acids is 1. The number of hydrogen-bond acceptors (Lipinski definition) is 9. The summed E-state index contributed by atoms with van der Waals surface area (Å²) in [6.45, 7) is 1.25. The lowest BCUT2D eigenvalue weighted by Crippen LogP contribution is -2.19. The first-order valence-electron chi connectivity index (χ1n) is 15.2. The van der Waals surface area contributed by atoms with Gasteiger partial charge in [0.1, 0.15) is 34.7 Å². The zero-order valence-electron chi connectivity index (χ0n) is 26.5. The Morgan fingerprint density at radius 2 is 1.69 bits per heavy atom. The van der Waals surface area contributed by atoms with Crippen LogP contribution in [0.15, 0.2) is 97.2 Å². The van der Waals surface area contributed by atoms with Gasteiger partial charge in [0, 0.05) is 36.0 Å². The van der Waals surface area contributed by atoms with Crippen LogP contribution >= 0.6 is 22.9 Å². The molecular formula is C37H30ClF2N5O3S. The van der Waals surface area contributed by atoms with Crippen molar-refractivity contribution in [1.82, 2.24) is 19.9 Å². The molecular weight excluding hydrogens is 668 g/mol. The fourth-order valence-electron chi connectivity index (χ4n) is 4.99. The number of carbonyl (C=O) groups is 1. The molecule has 0 atom stereocenters. The molecule has 0 aliphatic rings. The number of ketones is 1. The molecule has 0 saturated heterocycles. The minimum Gasteiger partial charge on any atom is -0.508 e. The average molecular weight is 698 g/mol. The summed E-state index contributed by atoms with van der Waals surface area (Å²) >= 11 is 7.89. The van der Waals surface area contributed by atoms with E-state index >= 15 is 0 Å². The summed E-state index contributed by atoms with van der Waals surface area (Å²) in [6.07, 6.45) is 1.42. The maximum Gasteiger partial charge on any atom is 0.227 e. The van der Waals surface area contributed by atoms with Gasteiger partial charge in [-0.05, 0) is 86.4 Å². The van der Waals surface area contributed by atoms with Crippen LogP contribution in [0.5, 0.6) is 11.5 Å². The Kier molecular flexibility index (Phi) is 10.2. The number of benzene rings is 4. The summed E-state index contributed by atoms with van der Waals surface area (Å²) in [4.78, 5) is 29.8. The standard InChI is InChI=1S/C37H30ClF2N5O3S/c1-45(2)17-18-48-32-14-11-25(21-27(32)38)42-37-41-16-15-30(43-37)35-34(44-36(49-35)23-9-12-26(46)13-10-23)24-6-3-5-22(19-24)20-31(47)33-28(39)7-4-8-29(33)40/h3-16,19,21,46H,17-18,20H2,1-2H3,(H,41,42,43). The van der Waals surface area contributed by atoms with Crippen molar-refractivity contribution in [2.24, 2.45) is 0 Å². The zero-order chi connectivity index (χ0) is 34.5. The van der Waals surface area contributed by atoms with Crippen LogP contribution in [0, 0.1) is 11.6 Å². The fourth-order valence-corrected chi connectivity index (χ4v) is 6.29. The number of halogens is 3. The predicted molar refractivity (Wildman–Crippen MR) is 189 cm³/mol. The van der Waals surface area contributed by atoms with Crippen LogP contribution < -0.4 is 10.1 Å². The molecule has 0 aliphatic carbocycles. The second-order valence-corrected chi connectivity index (χ2v) is 12.7. The number of aromatic nitrogens is 3. The molecule has 248 valence electrons. The molecule has 0 unspecified atom stereocenters. The van der Waals surface area contributed by atoms with E-state index in [0.29, 0.717) is 56.5 Å². The average Bonchev–Trinajstić information content (AvgIpc) is 3.52. The lowest BCUT2D eigenvalue weighted by Gasteiger charge is -2.13. The number of hydrogen-bond donors (Lipinski definition) is 2. The molecule has 2 aromatic heterocycles. The Balaban J connectivity index is 1.32. The molecule has 6 rings (SSSR count). The first kappa shape index (κ1) is 33.7. The number of nitrogens with zero attached hydrogens (tertiary/aromatic N) is 4. The second kappa shape index (κ2) is 14.9. The van der Waals surface area contributed by atoms with Gasteiger partial charge < -0.3 is 20.1 Å². The van der Waals surface area contributed by atoms with Crippen molar-refractivity contribution < 1.29 is 23.4 Å². The predicted octanol–water partition coefficient (Wildman–Crippen LogP) is 8.68. The van der Waals surface area contributed by atoms with Gasteiger partial charge in [-0.25, -0.2) is 23.7 Å². The number of Topliss-reactive ketones (excluding diaryl/α,β-unsaturated/α-hetero) is 1. The number of rotatable bonds is 12. The van der Waals surface area contributed by atoms with Crippen LogP contribution in [-0.2, 0) is 6.42 Å². The first-order valence-corrected chi connectivity index (χ1v) is 16.4. The molecule has 0 aliphatic heterocycles. The molecule has 8 nitrogen and oxygen atoms in total. The third-order valence-electron chi connectivity index (χ3n) is 7.42. The molecule has 0 saturated carbocycles. The minimum atomic E-state index is -0.902. The highest BCUT2D eigenvalue weighted by Crippen LogP contribution is 2.41. The number of anilines is 2. The highest BCUT2D eigenvalue weighted by atomic mass is 35.5. The van der Waals surface area contributed by atoms with Gasteiger partial charge in [0.25, 0.3) is 0 Å². The Labute approximate surface area is 290 Å². The van der Waals surface area contributed by atoms with E-state index in [-0.39, 0.29) is 12.2 Å². The number of nitrogens with one attached hydrogen (secondary N) is 1. The molecule has 0 radical (unpaired) electrons. The highest BCUT2D eigenvalue weighted by molar-refractivity contribution is 7.18. The van der Waals surface area contributed by atoms with Crippen molar-refractivity contribution in [2.45, 2.75) is 6.42 Å². The molecule has 0 bridgehead atoms. The second-order valence-electron chi connectivity index (χ2n) is 11.3. The number of thiazole rings is 1. The molecule has 6 aromatic rings. The minimum absolute atomic E-state index is 0.129. The van der Waals surface area contributed by atoms with E-state index in [2.05, 4.69) is 10.3 Å². The maximum atomic E-state index is 14.3. The van der Waals surface area contributed by atoms with Crippen LogP contribution in [0.2, 0.25) is 5.02 Å². The topological polar surface area (TPSA) is 100 Å². The van der Waals surface area contributed by atoms with Crippen molar-refractivity contribution >= 4 is 40.4 Å². The molecule has 12 heteroatoms. The van der Waals surface area contributed by atoms with Gasteiger partial charge in [-0.1, -0.05) is 35.9 Å². The van der Waals surface area contributed by atoms with Crippen LogP contribution in [0.3, 0.4) is 0 Å². The van der Waals surface area contributed by atoms with E-state index in [0.717, 1.165) is 29.1 Å². The van der Waals surface area contributed by atoms with E-state index in [1.807, 2.05) is 31.1 Å². The third kappa shape index (κ3) is 8.09. The lowest BCUT2D eigenvalue weighted by atomic mass is 9.99. The first-order chi connectivity index (χ1) is 23.6. The Hall–Kier alpha value is -5.23. The van der Waals surface area contributed by atoms with Crippen LogP contribution in [0.25, 0.3) is 32.4 Å². The van der Waals surface area contributed by atoms with Gasteiger partial charge in [-0.3, -0.25) is 4.79 Å². The van der Waals surface area contributed by atoms with E-state index in [1.54, 1.807) is 66.9 Å². The van der Waals surface area contributed by atoms with Crippen LogP contribution in [0.1, 0.15) is 15.9 Å². The van der Waals surface area contributed by atoms with Crippen molar-refractivity contribution in [3.05, 3.63) is 125 Å². The van der Waals surface area contributed by atoms with Crippen LogP contribution in [-0.4, -0.2) is 58.0 Å². The van der Waals surface area contributed by atoms with Crippen molar-refractivity contribution in [2.75, 3.05) is 32.6 Å². The third-order valence-corrected chi connectivity index (χ3v) is 8.84. The molecule has 0 fully saturated rings. The number of ether oxygens (including phenoxy) is 1. The van der Waals surface area contributed by atoms with Crippen molar-refractivity contribution in [3.8, 4) is 43.9 Å². The summed E-state index contributed by atoms with van der Waals surface area (Å²) in [7, 11) is 3.93. The van der Waals surface area contributed by atoms with Gasteiger partial charge in [0.2, 0.25) is 5.95 Å². The molecule has 4 aromatic carbocycles. The number of likely N-dealkylation sites (N-methyl/N-ethyl adjacent to an activating group) is 1.